The van der Waals surface area contributed by atoms with Crippen LogP contribution in [-0.2, 0) is 21.7 Å². The van der Waals surface area contributed by atoms with Gasteiger partial charge in [0.2, 0.25) is 0 Å². The molecule has 2 aliphatic rings. The van der Waals surface area contributed by atoms with E-state index in [9.17, 15) is 0 Å². The van der Waals surface area contributed by atoms with Crippen molar-refractivity contribution in [3.63, 3.8) is 0 Å². The van der Waals surface area contributed by atoms with E-state index in [0.29, 0.717) is 0 Å². The highest BCUT2D eigenvalue weighted by molar-refractivity contribution is 6.73. The Morgan fingerprint density at radius 1 is 0.609 bits per heavy atom. The second-order valence-corrected chi connectivity index (χ2v) is 22.1. The SMILES string of the molecule is CC(C)(C)c1ccc(Nc2cc3c(cc2-c2cc(C(C)(C)C)c4c5ccccc5n5c4c2Bc2cc4oc(-c6ccccc6)c(-c6ccccc6)c4cc2-5)C(C)(C)CCC3(C)C)cc1. The predicted octanol–water partition coefficient (Wildman–Crippen LogP) is 14.9. The maximum Gasteiger partial charge on any atom is 0.198 e. The zero-order valence-electron chi connectivity index (χ0n) is 39.3. The van der Waals surface area contributed by atoms with Crippen molar-refractivity contribution in [1.82, 2.24) is 4.57 Å². The van der Waals surface area contributed by atoms with Crippen molar-refractivity contribution in [2.75, 3.05) is 5.32 Å². The lowest BCUT2D eigenvalue weighted by Gasteiger charge is -2.42. The van der Waals surface area contributed by atoms with Gasteiger partial charge in [-0.05, 0) is 116 Å². The quantitative estimate of drug-likeness (QED) is 0.175. The van der Waals surface area contributed by atoms with Crippen LogP contribution >= 0.6 is 0 Å². The summed E-state index contributed by atoms with van der Waals surface area (Å²) in [6, 6.07) is 52.0. The molecular formula is C60H59BN2O. The van der Waals surface area contributed by atoms with Crippen molar-refractivity contribution in [2.45, 2.75) is 104 Å². The topological polar surface area (TPSA) is 30.1 Å². The number of hydrogen-bond acceptors (Lipinski definition) is 2. The Bertz CT molecular complexity index is 3310. The first-order valence-corrected chi connectivity index (χ1v) is 23.4. The van der Waals surface area contributed by atoms with Gasteiger partial charge in [-0.3, -0.25) is 0 Å². The van der Waals surface area contributed by atoms with Crippen LogP contribution in [0.3, 0.4) is 0 Å². The molecule has 1 aliphatic heterocycles. The third kappa shape index (κ3) is 6.39. The van der Waals surface area contributed by atoms with Crippen molar-refractivity contribution >= 4 is 62.4 Å². The summed E-state index contributed by atoms with van der Waals surface area (Å²) in [6.45, 7) is 23.8. The van der Waals surface area contributed by atoms with Crippen molar-refractivity contribution in [1.29, 1.82) is 0 Å². The first-order chi connectivity index (χ1) is 30.5. The molecule has 0 fully saturated rings. The van der Waals surface area contributed by atoms with Crippen LogP contribution in [0.5, 0.6) is 0 Å². The molecule has 3 heterocycles. The van der Waals surface area contributed by atoms with E-state index in [1.54, 1.807) is 0 Å². The summed E-state index contributed by atoms with van der Waals surface area (Å²) in [5.74, 6) is 0.908. The van der Waals surface area contributed by atoms with Crippen molar-refractivity contribution < 1.29 is 4.42 Å². The number of rotatable bonds is 5. The van der Waals surface area contributed by atoms with Gasteiger partial charge in [-0.25, -0.2) is 0 Å². The maximum absolute atomic E-state index is 7.01. The Balaban J connectivity index is 1.23. The summed E-state index contributed by atoms with van der Waals surface area (Å²) < 4.78 is 9.62. The summed E-state index contributed by atoms with van der Waals surface area (Å²) in [7, 11) is 0.783. The highest BCUT2D eigenvalue weighted by Crippen LogP contribution is 2.51. The van der Waals surface area contributed by atoms with Gasteiger partial charge in [0.15, 0.2) is 7.28 Å². The van der Waals surface area contributed by atoms with Gasteiger partial charge < -0.3 is 14.3 Å². The second kappa shape index (κ2) is 14.1. The lowest BCUT2D eigenvalue weighted by atomic mass is 9.57. The van der Waals surface area contributed by atoms with E-state index in [4.69, 9.17) is 4.42 Å². The van der Waals surface area contributed by atoms with Gasteiger partial charge in [0.25, 0.3) is 0 Å². The molecule has 0 amide bonds. The fraction of sp³-hybridized carbons (Fsp3) is 0.267. The van der Waals surface area contributed by atoms with Gasteiger partial charge in [-0.15, -0.1) is 0 Å². The smallest absolute Gasteiger partial charge is 0.198 e. The largest absolute Gasteiger partial charge is 0.455 e. The normalized spacial score (nSPS) is 15.3. The molecule has 0 unspecified atom stereocenters. The van der Waals surface area contributed by atoms with Crippen LogP contribution in [-0.4, -0.2) is 11.8 Å². The second-order valence-electron chi connectivity index (χ2n) is 22.1. The molecule has 318 valence electrons. The Hall–Kier alpha value is -6.26. The zero-order valence-corrected chi connectivity index (χ0v) is 39.3. The van der Waals surface area contributed by atoms with Gasteiger partial charge >= 0.3 is 0 Å². The summed E-state index contributed by atoms with van der Waals surface area (Å²) in [4.78, 5) is 0. The van der Waals surface area contributed by atoms with Gasteiger partial charge in [0, 0.05) is 55.4 Å². The lowest BCUT2D eigenvalue weighted by molar-refractivity contribution is 0.332. The molecule has 64 heavy (non-hydrogen) atoms. The van der Waals surface area contributed by atoms with Crippen LogP contribution in [0.4, 0.5) is 11.4 Å². The molecule has 1 N–H and O–H groups in total. The van der Waals surface area contributed by atoms with E-state index < -0.39 is 0 Å². The van der Waals surface area contributed by atoms with E-state index >= 15 is 0 Å². The minimum absolute atomic E-state index is 0.0417. The molecule has 2 aromatic heterocycles. The van der Waals surface area contributed by atoms with Gasteiger partial charge in [-0.1, -0.05) is 172 Å². The van der Waals surface area contributed by atoms with Crippen LogP contribution in [0.2, 0.25) is 0 Å². The average Bonchev–Trinajstić information content (AvgIpc) is 3.82. The Kier molecular flexibility index (Phi) is 8.94. The van der Waals surface area contributed by atoms with Gasteiger partial charge in [-0.2, -0.15) is 0 Å². The van der Waals surface area contributed by atoms with E-state index in [1.807, 2.05) is 0 Å². The number of fused-ring (bicyclic) bond motifs is 7. The highest BCUT2D eigenvalue weighted by atomic mass is 16.3. The summed E-state index contributed by atoms with van der Waals surface area (Å²) in [6.07, 6.45) is 2.32. The maximum atomic E-state index is 7.01. The molecule has 0 saturated heterocycles. The number of benzene rings is 7. The standard InChI is InChI=1S/C60H59BN2O/c1-57(2,3)38-25-27-39(28-26-38)62-48-34-45-44(59(7,8)29-30-60(45,9)10)31-41(48)42-32-46(58(4,5)6)53-40-23-17-18-24-49(40)63-50-33-43-51(35-47(50)61-54(42)55(53)63)64-56(37-21-15-12-16-22-37)52(43)36-19-13-11-14-20-36/h11-28,31-35,61-62H,29-30H2,1-10H3. The molecule has 0 spiro atoms. The number of para-hydroxylation sites is 1. The van der Waals surface area contributed by atoms with Crippen LogP contribution < -0.4 is 16.2 Å². The van der Waals surface area contributed by atoms with E-state index in [-0.39, 0.29) is 21.7 Å². The Morgan fingerprint density at radius 2 is 1.23 bits per heavy atom. The number of furan rings is 1. The van der Waals surface area contributed by atoms with Crippen molar-refractivity contribution in [3.8, 4) is 39.3 Å². The third-order valence-electron chi connectivity index (χ3n) is 14.8. The highest BCUT2D eigenvalue weighted by Gasteiger charge is 2.39. The first kappa shape index (κ1) is 40.5. The summed E-state index contributed by atoms with van der Waals surface area (Å²) in [5.41, 5.74) is 21.2. The lowest BCUT2D eigenvalue weighted by Crippen LogP contribution is -2.38. The predicted molar refractivity (Wildman–Crippen MR) is 276 cm³/mol. The van der Waals surface area contributed by atoms with E-state index in [2.05, 4.69) is 219 Å². The number of hydrogen-bond donors (Lipinski definition) is 1. The number of anilines is 2. The van der Waals surface area contributed by atoms with Gasteiger partial charge in [0.1, 0.15) is 11.3 Å². The van der Waals surface area contributed by atoms with E-state index in [1.165, 1.54) is 77.5 Å². The minimum Gasteiger partial charge on any atom is -0.455 e. The molecule has 0 bridgehead atoms. The Labute approximate surface area is 379 Å². The molecule has 4 heteroatoms. The van der Waals surface area contributed by atoms with Crippen LogP contribution in [0.1, 0.15) is 104 Å². The summed E-state index contributed by atoms with van der Waals surface area (Å²) >= 11 is 0. The van der Waals surface area contributed by atoms with Crippen LogP contribution in [0.25, 0.3) is 72.0 Å². The number of aromatic nitrogens is 1. The monoisotopic (exact) mass is 834 g/mol. The third-order valence-corrected chi connectivity index (χ3v) is 14.8. The van der Waals surface area contributed by atoms with Gasteiger partial charge in [0.05, 0.1) is 5.52 Å². The summed E-state index contributed by atoms with van der Waals surface area (Å²) in [5, 5.41) is 7.84. The van der Waals surface area contributed by atoms with Crippen molar-refractivity contribution in [2.24, 2.45) is 0 Å². The Morgan fingerprint density at radius 3 is 1.89 bits per heavy atom. The molecule has 0 radical (unpaired) electrons. The molecule has 3 nitrogen and oxygen atoms in total. The zero-order chi connectivity index (χ0) is 44.5. The molecule has 11 rings (SSSR count). The van der Waals surface area contributed by atoms with Crippen molar-refractivity contribution in [3.05, 3.63) is 162 Å². The molecular weight excluding hydrogens is 775 g/mol. The molecule has 0 saturated carbocycles. The number of nitrogens with one attached hydrogen (secondary N) is 1. The van der Waals surface area contributed by atoms with Crippen LogP contribution in [0, 0.1) is 0 Å². The first-order valence-electron chi connectivity index (χ1n) is 23.4. The number of nitrogens with zero attached hydrogens (tertiary/aromatic N) is 1. The fourth-order valence-electron chi connectivity index (χ4n) is 11.0. The molecule has 9 aromatic rings. The minimum atomic E-state index is -0.131. The molecule has 1 aliphatic carbocycles. The van der Waals surface area contributed by atoms with Crippen LogP contribution in [0.15, 0.2) is 144 Å². The average molecular weight is 835 g/mol. The van der Waals surface area contributed by atoms with E-state index in [0.717, 1.165) is 59.2 Å². The molecule has 7 aromatic carbocycles. The molecule has 0 atom stereocenters. The fourth-order valence-corrected chi connectivity index (χ4v) is 11.0.